The van der Waals surface area contributed by atoms with Gasteiger partial charge in [-0.05, 0) is 24.3 Å². The topological polar surface area (TPSA) is 62.2 Å². The fraction of sp³-hybridized carbons (Fsp3) is 0.0769. The summed E-state index contributed by atoms with van der Waals surface area (Å²) in [6, 6.07) is 4.09. The Labute approximate surface area is 122 Å². The van der Waals surface area contributed by atoms with Gasteiger partial charge in [0.1, 0.15) is 5.75 Å². The largest absolute Gasteiger partial charge is 0.506 e. The van der Waals surface area contributed by atoms with Crippen LogP contribution in [0.1, 0.15) is 15.9 Å². The minimum Gasteiger partial charge on any atom is -0.506 e. The van der Waals surface area contributed by atoms with E-state index in [1.165, 1.54) is 6.07 Å². The molecule has 0 spiro atoms. The lowest BCUT2D eigenvalue weighted by Gasteiger charge is -2.14. The van der Waals surface area contributed by atoms with Gasteiger partial charge in [-0.25, -0.2) is 0 Å². The van der Waals surface area contributed by atoms with E-state index >= 15 is 0 Å². The summed E-state index contributed by atoms with van der Waals surface area (Å²) in [6.45, 7) is 0. The highest BCUT2D eigenvalue weighted by atomic mass is 35.5. The van der Waals surface area contributed by atoms with Crippen LogP contribution in [0.15, 0.2) is 36.7 Å². The molecule has 1 heterocycles. The Hall–Kier alpha value is -2.28. The summed E-state index contributed by atoms with van der Waals surface area (Å²) in [5, 5.41) is 11.2. The number of benzene rings is 1. The highest BCUT2D eigenvalue weighted by Gasteiger charge is 2.34. The van der Waals surface area contributed by atoms with Crippen molar-refractivity contribution in [1.29, 1.82) is 0 Å². The number of nitrogens with one attached hydrogen (secondary N) is 1. The Bertz CT molecular complexity index is 689. The van der Waals surface area contributed by atoms with E-state index in [2.05, 4.69) is 10.3 Å². The molecule has 110 valence electrons. The molecule has 1 aromatic carbocycles. The second kappa shape index (κ2) is 5.61. The number of aromatic hydroxyl groups is 1. The smallest absolute Gasteiger partial charge is 0.418 e. The Morgan fingerprint density at radius 3 is 2.57 bits per heavy atom. The molecule has 0 saturated carbocycles. The van der Waals surface area contributed by atoms with Crippen LogP contribution in [0.5, 0.6) is 5.75 Å². The number of rotatable bonds is 2. The van der Waals surface area contributed by atoms with Crippen LogP contribution in [0.2, 0.25) is 5.02 Å². The van der Waals surface area contributed by atoms with Crippen LogP contribution in [-0.2, 0) is 6.18 Å². The van der Waals surface area contributed by atoms with Gasteiger partial charge < -0.3 is 10.4 Å². The van der Waals surface area contributed by atoms with Gasteiger partial charge in [0.2, 0.25) is 0 Å². The predicted molar refractivity (Wildman–Crippen MR) is 70.3 cm³/mol. The normalized spacial score (nSPS) is 11.2. The molecular weight excluding hydrogens is 309 g/mol. The van der Waals surface area contributed by atoms with E-state index in [0.29, 0.717) is 0 Å². The van der Waals surface area contributed by atoms with Gasteiger partial charge in [-0.3, -0.25) is 9.78 Å². The van der Waals surface area contributed by atoms with E-state index in [1.807, 2.05) is 0 Å². The number of amides is 1. The second-order valence-corrected chi connectivity index (χ2v) is 4.51. The molecule has 0 bridgehead atoms. The summed E-state index contributed by atoms with van der Waals surface area (Å²) in [7, 11) is 0. The lowest BCUT2D eigenvalue weighted by molar-refractivity contribution is -0.136. The fourth-order valence-corrected chi connectivity index (χ4v) is 1.78. The summed E-state index contributed by atoms with van der Waals surface area (Å²) in [4.78, 5) is 15.4. The second-order valence-electron chi connectivity index (χ2n) is 4.07. The molecule has 0 aliphatic rings. The molecule has 0 aliphatic heterocycles. The van der Waals surface area contributed by atoms with Gasteiger partial charge in [0.15, 0.2) is 0 Å². The van der Waals surface area contributed by atoms with Crippen molar-refractivity contribution in [3.8, 4) is 5.75 Å². The summed E-state index contributed by atoms with van der Waals surface area (Å²) >= 11 is 5.54. The van der Waals surface area contributed by atoms with E-state index in [1.54, 1.807) is 0 Å². The zero-order valence-electron chi connectivity index (χ0n) is 10.3. The Morgan fingerprint density at radius 2 is 1.95 bits per heavy atom. The minimum atomic E-state index is -4.66. The lowest BCUT2D eigenvalue weighted by atomic mass is 10.1. The number of alkyl halides is 3. The Balaban J connectivity index is 2.34. The van der Waals surface area contributed by atoms with Crippen molar-refractivity contribution in [3.63, 3.8) is 0 Å². The Kier molecular flexibility index (Phi) is 4.04. The number of hydrogen-bond donors (Lipinski definition) is 2. The van der Waals surface area contributed by atoms with Crippen LogP contribution in [0, 0.1) is 0 Å². The quantitative estimate of drug-likeness (QED) is 0.887. The molecule has 2 aromatic rings. The first-order valence-corrected chi connectivity index (χ1v) is 5.97. The van der Waals surface area contributed by atoms with E-state index < -0.39 is 23.3 Å². The average molecular weight is 317 g/mol. The monoisotopic (exact) mass is 316 g/mol. The van der Waals surface area contributed by atoms with E-state index in [-0.39, 0.29) is 16.3 Å². The maximum atomic E-state index is 12.9. The van der Waals surface area contributed by atoms with Gasteiger partial charge in [-0.15, -0.1) is 0 Å². The number of pyridine rings is 1. The molecule has 21 heavy (non-hydrogen) atoms. The SMILES string of the molecule is O=C(Nc1ccc(Cl)cc1C(F)(F)F)c1cncc(O)c1. The number of anilines is 1. The van der Waals surface area contributed by atoms with Gasteiger partial charge in [-0.1, -0.05) is 11.6 Å². The van der Waals surface area contributed by atoms with Crippen LogP contribution in [0.3, 0.4) is 0 Å². The molecule has 0 radical (unpaired) electrons. The first-order chi connectivity index (χ1) is 9.77. The molecule has 0 aliphatic carbocycles. The Morgan fingerprint density at radius 1 is 1.24 bits per heavy atom. The molecule has 4 nitrogen and oxygen atoms in total. The van der Waals surface area contributed by atoms with Crippen molar-refractivity contribution in [1.82, 2.24) is 4.98 Å². The first-order valence-electron chi connectivity index (χ1n) is 5.59. The number of nitrogens with zero attached hydrogens (tertiary/aromatic N) is 1. The van der Waals surface area contributed by atoms with Crippen molar-refractivity contribution < 1.29 is 23.1 Å². The lowest BCUT2D eigenvalue weighted by Crippen LogP contribution is -2.16. The van der Waals surface area contributed by atoms with Gasteiger partial charge in [0.25, 0.3) is 5.91 Å². The summed E-state index contributed by atoms with van der Waals surface area (Å²) in [5.41, 5.74) is -1.56. The molecule has 2 N–H and O–H groups in total. The van der Waals surface area contributed by atoms with Gasteiger partial charge >= 0.3 is 6.18 Å². The van der Waals surface area contributed by atoms with E-state index in [0.717, 1.165) is 30.6 Å². The minimum absolute atomic E-state index is 0.0712. The van der Waals surface area contributed by atoms with E-state index in [4.69, 9.17) is 11.6 Å². The molecule has 0 unspecified atom stereocenters. The number of halogens is 4. The van der Waals surface area contributed by atoms with Crippen molar-refractivity contribution in [2.24, 2.45) is 0 Å². The molecule has 8 heteroatoms. The number of carbonyl (C=O) groups is 1. The highest BCUT2D eigenvalue weighted by Crippen LogP contribution is 2.36. The summed E-state index contributed by atoms with van der Waals surface area (Å²) < 4.78 is 38.6. The molecule has 0 atom stereocenters. The van der Waals surface area contributed by atoms with Gasteiger partial charge in [-0.2, -0.15) is 13.2 Å². The van der Waals surface area contributed by atoms with E-state index in [9.17, 15) is 23.1 Å². The molecule has 1 amide bonds. The third kappa shape index (κ3) is 3.63. The highest BCUT2D eigenvalue weighted by molar-refractivity contribution is 6.30. The molecule has 1 aromatic heterocycles. The third-order valence-electron chi connectivity index (χ3n) is 2.52. The van der Waals surface area contributed by atoms with Crippen LogP contribution >= 0.6 is 11.6 Å². The van der Waals surface area contributed by atoms with Crippen LogP contribution in [-0.4, -0.2) is 16.0 Å². The maximum Gasteiger partial charge on any atom is 0.418 e. The number of carbonyl (C=O) groups excluding carboxylic acids is 1. The predicted octanol–water partition coefficient (Wildman–Crippen LogP) is 3.71. The molecule has 2 rings (SSSR count). The van der Waals surface area contributed by atoms with Crippen LogP contribution in [0.25, 0.3) is 0 Å². The zero-order valence-corrected chi connectivity index (χ0v) is 11.0. The fourth-order valence-electron chi connectivity index (χ4n) is 1.61. The number of hydrogen-bond acceptors (Lipinski definition) is 3. The number of aromatic nitrogens is 1. The molecule has 0 saturated heterocycles. The van der Waals surface area contributed by atoms with Gasteiger partial charge in [0.05, 0.1) is 23.0 Å². The van der Waals surface area contributed by atoms with Crippen molar-refractivity contribution in [3.05, 3.63) is 52.8 Å². The summed E-state index contributed by atoms with van der Waals surface area (Å²) in [5.74, 6) is -1.10. The van der Waals surface area contributed by atoms with Crippen LogP contribution < -0.4 is 5.32 Å². The van der Waals surface area contributed by atoms with Crippen molar-refractivity contribution >= 4 is 23.2 Å². The van der Waals surface area contributed by atoms with Gasteiger partial charge in [0, 0.05) is 11.2 Å². The van der Waals surface area contributed by atoms with Crippen LogP contribution in [0.4, 0.5) is 18.9 Å². The van der Waals surface area contributed by atoms with Crippen molar-refractivity contribution in [2.45, 2.75) is 6.18 Å². The van der Waals surface area contributed by atoms with Crippen molar-refractivity contribution in [2.75, 3.05) is 5.32 Å². The molecular formula is C13H8ClF3N2O2. The third-order valence-corrected chi connectivity index (χ3v) is 2.76. The summed E-state index contributed by atoms with van der Waals surface area (Å²) in [6.07, 6.45) is -2.44. The zero-order chi connectivity index (χ0) is 15.6. The maximum absolute atomic E-state index is 12.9. The average Bonchev–Trinajstić information content (AvgIpc) is 2.39. The standard InChI is InChI=1S/C13H8ClF3N2O2/c14-8-1-2-11(10(4-8)13(15,16)17)19-12(21)7-3-9(20)6-18-5-7/h1-6,20H,(H,19,21). The first kappa shape index (κ1) is 15.1. The molecule has 0 fully saturated rings.